The third kappa shape index (κ3) is 4.06. The number of unbranched alkanes of at least 4 members (excludes halogenated alkanes) is 1. The summed E-state index contributed by atoms with van der Waals surface area (Å²) in [6.07, 6.45) is 4.36. The van der Waals surface area contributed by atoms with Crippen molar-refractivity contribution in [2.45, 2.75) is 26.2 Å². The van der Waals surface area contributed by atoms with Gasteiger partial charge in [-0.15, -0.1) is 0 Å². The van der Waals surface area contributed by atoms with Gasteiger partial charge in [-0.3, -0.25) is 9.78 Å². The molecule has 0 amide bonds. The lowest BCUT2D eigenvalue weighted by Gasteiger charge is -2.07. The summed E-state index contributed by atoms with van der Waals surface area (Å²) in [7, 11) is 0. The monoisotopic (exact) mass is 290 g/mol. The Labute approximate surface area is 122 Å². The van der Waals surface area contributed by atoms with Gasteiger partial charge in [-0.05, 0) is 36.3 Å². The minimum Gasteiger partial charge on any atom is -0.494 e. The molecule has 106 valence electrons. The van der Waals surface area contributed by atoms with E-state index in [9.17, 15) is 4.79 Å². The van der Waals surface area contributed by atoms with Gasteiger partial charge < -0.3 is 9.72 Å². The van der Waals surface area contributed by atoms with Crippen LogP contribution >= 0.6 is 12.2 Å². The molecule has 2 rings (SSSR count). The largest absolute Gasteiger partial charge is 0.494 e. The molecule has 0 unspecified atom stereocenters. The van der Waals surface area contributed by atoms with E-state index in [1.807, 2.05) is 24.3 Å². The van der Waals surface area contributed by atoms with Gasteiger partial charge in [0.15, 0.2) is 4.77 Å². The molecule has 20 heavy (non-hydrogen) atoms. The van der Waals surface area contributed by atoms with E-state index in [0.717, 1.165) is 30.8 Å². The molecular weight excluding hydrogens is 272 g/mol. The van der Waals surface area contributed by atoms with Crippen molar-refractivity contribution < 1.29 is 4.74 Å². The minimum absolute atomic E-state index is 0.147. The summed E-state index contributed by atoms with van der Waals surface area (Å²) in [5.74, 6) is 0.844. The Morgan fingerprint density at radius 2 is 2.20 bits per heavy atom. The second kappa shape index (κ2) is 7.05. The second-order valence-corrected chi connectivity index (χ2v) is 5.03. The van der Waals surface area contributed by atoms with Crippen molar-refractivity contribution in [3.8, 4) is 5.75 Å². The summed E-state index contributed by atoms with van der Waals surface area (Å²) in [6.45, 7) is 2.85. The van der Waals surface area contributed by atoms with Gasteiger partial charge in [-0.1, -0.05) is 25.5 Å². The highest BCUT2D eigenvalue weighted by atomic mass is 32.1. The molecule has 1 aromatic carbocycles. The molecule has 0 aliphatic carbocycles. The van der Waals surface area contributed by atoms with Gasteiger partial charge in [0.05, 0.1) is 6.61 Å². The molecule has 4 nitrogen and oxygen atoms in total. The van der Waals surface area contributed by atoms with Gasteiger partial charge in [-0.25, -0.2) is 0 Å². The average molecular weight is 290 g/mol. The molecule has 0 atom stereocenters. The lowest BCUT2D eigenvalue weighted by molar-refractivity contribution is 0.309. The van der Waals surface area contributed by atoms with Crippen LogP contribution in [-0.4, -0.2) is 16.6 Å². The van der Waals surface area contributed by atoms with Crippen molar-refractivity contribution in [3.05, 3.63) is 56.7 Å². The highest BCUT2D eigenvalue weighted by Crippen LogP contribution is 2.15. The Balaban J connectivity index is 2.11. The maximum absolute atomic E-state index is 11.8. The van der Waals surface area contributed by atoms with Gasteiger partial charge in [0.1, 0.15) is 5.75 Å². The average Bonchev–Trinajstić information content (AvgIpc) is 2.43. The molecule has 0 saturated carbocycles. The molecular formula is C15H18N2O2S. The molecule has 0 aliphatic rings. The molecule has 1 aromatic heterocycles. The highest BCUT2D eigenvalue weighted by Gasteiger charge is 2.03. The second-order valence-electron chi connectivity index (χ2n) is 4.62. The van der Waals surface area contributed by atoms with Crippen molar-refractivity contribution in [3.63, 3.8) is 0 Å². The first-order valence-corrected chi connectivity index (χ1v) is 7.12. The zero-order valence-electron chi connectivity index (χ0n) is 11.4. The lowest BCUT2D eigenvalue weighted by Crippen LogP contribution is -2.13. The highest BCUT2D eigenvalue weighted by molar-refractivity contribution is 7.71. The van der Waals surface area contributed by atoms with Crippen LogP contribution < -0.4 is 10.3 Å². The van der Waals surface area contributed by atoms with Crippen LogP contribution in [0.3, 0.4) is 0 Å². The fourth-order valence-electron chi connectivity index (χ4n) is 1.87. The van der Waals surface area contributed by atoms with E-state index in [1.165, 1.54) is 0 Å². The van der Waals surface area contributed by atoms with Crippen LogP contribution in [0.5, 0.6) is 5.75 Å². The van der Waals surface area contributed by atoms with E-state index in [-0.39, 0.29) is 5.56 Å². The first-order chi connectivity index (χ1) is 9.69. The van der Waals surface area contributed by atoms with Crippen LogP contribution in [0.2, 0.25) is 0 Å². The van der Waals surface area contributed by atoms with E-state index in [1.54, 1.807) is 6.20 Å². The van der Waals surface area contributed by atoms with Gasteiger partial charge in [-0.2, -0.15) is 0 Å². The van der Waals surface area contributed by atoms with Crippen molar-refractivity contribution >= 4 is 12.2 Å². The summed E-state index contributed by atoms with van der Waals surface area (Å²) in [5, 5.41) is 0. The molecule has 5 heteroatoms. The molecule has 0 spiro atoms. The Morgan fingerprint density at radius 1 is 1.35 bits per heavy atom. The van der Waals surface area contributed by atoms with Crippen molar-refractivity contribution in [2.75, 3.05) is 6.61 Å². The van der Waals surface area contributed by atoms with Crippen LogP contribution in [0.4, 0.5) is 0 Å². The molecule has 0 radical (unpaired) electrons. The number of benzene rings is 1. The topological polar surface area (TPSA) is 57.9 Å². The summed E-state index contributed by atoms with van der Waals surface area (Å²) < 4.78 is 6.01. The SMILES string of the molecule is CCCCOc1cccc(Cc2c[nH]c(=S)[nH]c2=O)c1. The van der Waals surface area contributed by atoms with E-state index in [0.29, 0.717) is 16.8 Å². The first-order valence-electron chi connectivity index (χ1n) is 6.71. The quantitative estimate of drug-likeness (QED) is 0.634. The number of hydrogen-bond donors (Lipinski definition) is 2. The summed E-state index contributed by atoms with van der Waals surface area (Å²) in [6, 6.07) is 7.82. The lowest BCUT2D eigenvalue weighted by atomic mass is 10.1. The predicted molar refractivity (Wildman–Crippen MR) is 81.9 cm³/mol. The van der Waals surface area contributed by atoms with Crippen molar-refractivity contribution in [2.24, 2.45) is 0 Å². The maximum Gasteiger partial charge on any atom is 0.255 e. The molecule has 2 aromatic rings. The Bertz CT molecular complexity index is 676. The summed E-state index contributed by atoms with van der Waals surface area (Å²) >= 11 is 4.87. The van der Waals surface area contributed by atoms with Gasteiger partial charge in [0.2, 0.25) is 0 Å². The Kier molecular flexibility index (Phi) is 5.12. The zero-order valence-corrected chi connectivity index (χ0v) is 12.3. The van der Waals surface area contributed by atoms with Crippen LogP contribution in [0.25, 0.3) is 0 Å². The number of aromatic nitrogens is 2. The van der Waals surface area contributed by atoms with E-state index in [4.69, 9.17) is 17.0 Å². The molecule has 0 bridgehead atoms. The number of ether oxygens (including phenoxy) is 1. The number of rotatable bonds is 6. The van der Waals surface area contributed by atoms with Crippen LogP contribution in [0.1, 0.15) is 30.9 Å². The fraction of sp³-hybridized carbons (Fsp3) is 0.333. The molecule has 2 N–H and O–H groups in total. The van der Waals surface area contributed by atoms with Crippen molar-refractivity contribution in [1.82, 2.24) is 9.97 Å². The van der Waals surface area contributed by atoms with E-state index >= 15 is 0 Å². The summed E-state index contributed by atoms with van der Waals surface area (Å²) in [4.78, 5) is 17.2. The normalized spacial score (nSPS) is 10.4. The van der Waals surface area contributed by atoms with Crippen molar-refractivity contribution in [1.29, 1.82) is 0 Å². The van der Waals surface area contributed by atoms with Gasteiger partial charge in [0, 0.05) is 18.2 Å². The minimum atomic E-state index is -0.147. The summed E-state index contributed by atoms with van der Waals surface area (Å²) in [5.41, 5.74) is 1.55. The number of H-pyrrole nitrogens is 2. The van der Waals surface area contributed by atoms with Gasteiger partial charge >= 0.3 is 0 Å². The predicted octanol–water partition coefficient (Wildman–Crippen LogP) is 3.20. The van der Waals surface area contributed by atoms with E-state index in [2.05, 4.69) is 16.9 Å². The molecule has 0 fully saturated rings. The number of aromatic amines is 2. The first kappa shape index (κ1) is 14.5. The third-order valence-electron chi connectivity index (χ3n) is 2.96. The number of hydrogen-bond acceptors (Lipinski definition) is 3. The van der Waals surface area contributed by atoms with Crippen LogP contribution in [-0.2, 0) is 6.42 Å². The maximum atomic E-state index is 11.8. The smallest absolute Gasteiger partial charge is 0.255 e. The fourth-order valence-corrected chi connectivity index (χ4v) is 2.02. The number of nitrogens with one attached hydrogen (secondary N) is 2. The Hall–Kier alpha value is -1.88. The Morgan fingerprint density at radius 3 is 2.95 bits per heavy atom. The van der Waals surface area contributed by atoms with Gasteiger partial charge in [0.25, 0.3) is 5.56 Å². The van der Waals surface area contributed by atoms with E-state index < -0.39 is 0 Å². The standard InChI is InChI=1S/C15H18N2O2S/c1-2-3-7-19-13-6-4-5-11(9-13)8-12-10-16-15(20)17-14(12)18/h4-6,9-10H,2-3,7-8H2,1H3,(H2,16,17,18,20). The third-order valence-corrected chi connectivity index (χ3v) is 3.18. The molecule has 1 heterocycles. The zero-order chi connectivity index (χ0) is 14.4. The molecule has 0 saturated heterocycles. The van der Waals surface area contributed by atoms with Crippen LogP contribution in [0.15, 0.2) is 35.3 Å². The van der Waals surface area contributed by atoms with Crippen LogP contribution in [0, 0.1) is 4.77 Å². The molecule has 0 aliphatic heterocycles.